The Balaban J connectivity index is 1.35. The molecule has 0 aliphatic carbocycles. The van der Waals surface area contributed by atoms with E-state index in [4.69, 9.17) is 9.47 Å². The van der Waals surface area contributed by atoms with Crippen LogP contribution in [0.15, 0.2) is 30.5 Å². The minimum absolute atomic E-state index is 0.0775. The average molecular weight is 341 g/mol. The lowest BCUT2D eigenvalue weighted by Crippen LogP contribution is -2.25. The summed E-state index contributed by atoms with van der Waals surface area (Å²) in [6.07, 6.45) is 4.06. The van der Waals surface area contributed by atoms with Gasteiger partial charge in [-0.1, -0.05) is 12.1 Å². The second-order valence-electron chi connectivity index (χ2n) is 7.83. The van der Waals surface area contributed by atoms with Crippen molar-refractivity contribution in [2.24, 2.45) is 13.0 Å². The Bertz CT molecular complexity index is 753. The molecule has 0 amide bonds. The largest absolute Gasteiger partial charge is 0.487 e. The van der Waals surface area contributed by atoms with Gasteiger partial charge >= 0.3 is 0 Å². The molecule has 2 atom stereocenters. The van der Waals surface area contributed by atoms with Crippen LogP contribution < -0.4 is 10.1 Å². The van der Waals surface area contributed by atoms with Crippen LogP contribution in [0.5, 0.6) is 5.75 Å². The van der Waals surface area contributed by atoms with Crippen LogP contribution in [-0.4, -0.2) is 28.5 Å². The molecule has 0 radical (unpaired) electrons. The summed E-state index contributed by atoms with van der Waals surface area (Å²) in [7, 11) is 1.98. The van der Waals surface area contributed by atoms with Crippen LogP contribution in [0.4, 0.5) is 0 Å². The summed E-state index contributed by atoms with van der Waals surface area (Å²) in [6.45, 7) is 6.94. The van der Waals surface area contributed by atoms with E-state index in [9.17, 15) is 0 Å². The van der Waals surface area contributed by atoms with Crippen molar-refractivity contribution in [2.45, 2.75) is 44.9 Å². The summed E-state index contributed by atoms with van der Waals surface area (Å²) >= 11 is 0. The fourth-order valence-electron chi connectivity index (χ4n) is 4.01. The highest BCUT2D eigenvalue weighted by Crippen LogP contribution is 2.36. The van der Waals surface area contributed by atoms with Crippen molar-refractivity contribution in [2.75, 3.05) is 13.2 Å². The van der Waals surface area contributed by atoms with Gasteiger partial charge in [-0.15, -0.1) is 0 Å². The van der Waals surface area contributed by atoms with Crippen molar-refractivity contribution in [1.82, 2.24) is 15.1 Å². The molecular weight excluding hydrogens is 314 g/mol. The van der Waals surface area contributed by atoms with Crippen molar-refractivity contribution < 1.29 is 9.47 Å². The third-order valence-electron chi connectivity index (χ3n) is 5.23. The quantitative estimate of drug-likeness (QED) is 0.908. The second-order valence-corrected chi connectivity index (χ2v) is 7.83. The highest BCUT2D eigenvalue weighted by Gasteiger charge is 2.32. The van der Waals surface area contributed by atoms with E-state index < -0.39 is 0 Å². The number of hydrogen-bond donors (Lipinski definition) is 1. The number of benzene rings is 1. The van der Waals surface area contributed by atoms with Gasteiger partial charge in [0.2, 0.25) is 0 Å². The Hall–Kier alpha value is -1.85. The topological polar surface area (TPSA) is 48.3 Å². The second kappa shape index (κ2) is 6.46. The summed E-state index contributed by atoms with van der Waals surface area (Å²) in [6, 6.07) is 8.61. The summed E-state index contributed by atoms with van der Waals surface area (Å²) in [4.78, 5) is 0. The Kier molecular flexibility index (Phi) is 4.29. The molecule has 1 aromatic carbocycles. The molecule has 1 saturated heterocycles. The van der Waals surface area contributed by atoms with Crippen LogP contribution in [0.1, 0.15) is 43.2 Å². The summed E-state index contributed by atoms with van der Waals surface area (Å²) in [5.74, 6) is 1.53. The Morgan fingerprint density at radius 3 is 3.00 bits per heavy atom. The maximum Gasteiger partial charge on any atom is 0.123 e. The fraction of sp³-hybridized carbons (Fsp3) is 0.550. The first-order valence-electron chi connectivity index (χ1n) is 9.13. The van der Waals surface area contributed by atoms with Gasteiger partial charge in [0.25, 0.3) is 0 Å². The van der Waals surface area contributed by atoms with Crippen LogP contribution in [0, 0.1) is 5.92 Å². The fourth-order valence-corrected chi connectivity index (χ4v) is 4.01. The number of fused-ring (bicyclic) bond motifs is 1. The lowest BCUT2D eigenvalue weighted by Gasteiger charge is -2.19. The van der Waals surface area contributed by atoms with E-state index in [1.165, 1.54) is 16.8 Å². The Morgan fingerprint density at radius 1 is 1.32 bits per heavy atom. The highest BCUT2D eigenvalue weighted by atomic mass is 16.5. The molecule has 3 heterocycles. The van der Waals surface area contributed by atoms with E-state index in [-0.39, 0.29) is 11.7 Å². The summed E-state index contributed by atoms with van der Waals surface area (Å²) < 4.78 is 13.8. The van der Waals surface area contributed by atoms with Gasteiger partial charge in [0.1, 0.15) is 17.5 Å². The van der Waals surface area contributed by atoms with Crippen LogP contribution in [0.25, 0.3) is 0 Å². The first kappa shape index (κ1) is 16.6. The number of aryl methyl sites for hydroxylation is 1. The predicted octanol–water partition coefficient (Wildman–Crippen LogP) is 3.00. The molecule has 2 aliphatic rings. The molecule has 134 valence electrons. The van der Waals surface area contributed by atoms with Gasteiger partial charge in [0.05, 0.1) is 5.69 Å². The highest BCUT2D eigenvalue weighted by molar-refractivity contribution is 5.41. The normalized spacial score (nSPS) is 24.3. The third kappa shape index (κ3) is 3.44. The zero-order valence-corrected chi connectivity index (χ0v) is 15.3. The number of nitrogens with one attached hydrogen (secondary N) is 1. The van der Waals surface area contributed by atoms with Gasteiger partial charge in [-0.05, 0) is 43.5 Å². The van der Waals surface area contributed by atoms with Gasteiger partial charge in [0.15, 0.2) is 0 Å². The molecule has 5 nitrogen and oxygen atoms in total. The first-order chi connectivity index (χ1) is 12.0. The number of aromatic nitrogens is 2. The van der Waals surface area contributed by atoms with Gasteiger partial charge in [-0.3, -0.25) is 4.68 Å². The lowest BCUT2D eigenvalue weighted by molar-refractivity contribution is 0.0838. The van der Waals surface area contributed by atoms with E-state index in [0.717, 1.165) is 38.3 Å². The van der Waals surface area contributed by atoms with Gasteiger partial charge in [-0.25, -0.2) is 0 Å². The minimum atomic E-state index is -0.0775. The predicted molar refractivity (Wildman–Crippen MR) is 96.6 cm³/mol. The van der Waals surface area contributed by atoms with E-state index in [2.05, 4.69) is 48.5 Å². The van der Waals surface area contributed by atoms with Crippen molar-refractivity contribution >= 4 is 0 Å². The molecule has 2 aromatic rings. The zero-order chi connectivity index (χ0) is 17.4. The molecule has 0 saturated carbocycles. The molecule has 1 N–H and O–H groups in total. The monoisotopic (exact) mass is 341 g/mol. The molecule has 2 aliphatic heterocycles. The molecule has 4 rings (SSSR count). The molecule has 0 spiro atoms. The van der Waals surface area contributed by atoms with Crippen molar-refractivity contribution in [3.05, 3.63) is 47.3 Å². The standard InChI is InChI=1S/C20H27N3O2/c1-20(2)11-16-10-14(4-5-18(16)25-20)12-21-13-15-7-9-24-19(15)17-6-8-22-23(17)3/h4-6,8,10,15,19,21H,7,9,11-13H2,1-3H3/t15-,19+/m0/s1. The maximum absolute atomic E-state index is 5.96. The van der Waals surface area contributed by atoms with Crippen LogP contribution >= 0.6 is 0 Å². The van der Waals surface area contributed by atoms with Crippen molar-refractivity contribution in [3.8, 4) is 5.75 Å². The van der Waals surface area contributed by atoms with Crippen molar-refractivity contribution in [1.29, 1.82) is 0 Å². The van der Waals surface area contributed by atoms with E-state index in [0.29, 0.717) is 5.92 Å². The number of nitrogens with zero attached hydrogens (tertiary/aromatic N) is 2. The van der Waals surface area contributed by atoms with Gasteiger partial charge in [0, 0.05) is 45.3 Å². The van der Waals surface area contributed by atoms with E-state index >= 15 is 0 Å². The van der Waals surface area contributed by atoms with Crippen molar-refractivity contribution in [3.63, 3.8) is 0 Å². The SMILES string of the molecule is Cn1nccc1[C@@H]1OCC[C@H]1CNCc1ccc2c(c1)CC(C)(C)O2. The molecular formula is C20H27N3O2. The molecule has 0 unspecified atom stereocenters. The van der Waals surface area contributed by atoms with Crippen LogP contribution in [-0.2, 0) is 24.8 Å². The Labute approximate surface area is 149 Å². The smallest absolute Gasteiger partial charge is 0.123 e. The maximum atomic E-state index is 5.96. The van der Waals surface area contributed by atoms with Gasteiger partial charge < -0.3 is 14.8 Å². The average Bonchev–Trinajstić information content (AvgIpc) is 3.24. The third-order valence-corrected chi connectivity index (χ3v) is 5.23. The van der Waals surface area contributed by atoms with Gasteiger partial charge in [-0.2, -0.15) is 5.10 Å². The molecule has 0 bridgehead atoms. The number of ether oxygens (including phenoxy) is 2. The lowest BCUT2D eigenvalue weighted by atomic mass is 9.98. The Morgan fingerprint density at radius 2 is 2.20 bits per heavy atom. The van der Waals surface area contributed by atoms with Crippen LogP contribution in [0.2, 0.25) is 0 Å². The summed E-state index contributed by atoms with van der Waals surface area (Å²) in [5.41, 5.74) is 3.73. The minimum Gasteiger partial charge on any atom is -0.487 e. The van der Waals surface area contributed by atoms with E-state index in [1.807, 2.05) is 17.9 Å². The zero-order valence-electron chi connectivity index (χ0n) is 15.3. The summed E-state index contributed by atoms with van der Waals surface area (Å²) in [5, 5.41) is 7.89. The molecule has 25 heavy (non-hydrogen) atoms. The molecule has 1 aromatic heterocycles. The number of rotatable bonds is 5. The molecule has 1 fully saturated rings. The molecule has 5 heteroatoms. The van der Waals surface area contributed by atoms with Crippen LogP contribution in [0.3, 0.4) is 0 Å². The van der Waals surface area contributed by atoms with E-state index in [1.54, 1.807) is 0 Å². The first-order valence-corrected chi connectivity index (χ1v) is 9.13. The number of hydrogen-bond acceptors (Lipinski definition) is 4.